The van der Waals surface area contributed by atoms with Crippen LogP contribution in [-0.4, -0.2) is 24.2 Å². The number of hydrogen-bond donors (Lipinski definition) is 5. The predicted octanol–water partition coefficient (Wildman–Crippen LogP) is 4.48. The number of halogens is 3. The lowest BCUT2D eigenvalue weighted by atomic mass is 10.2. The number of amides is 2. The molecule has 0 atom stereocenters. The van der Waals surface area contributed by atoms with Crippen molar-refractivity contribution in [2.24, 2.45) is 5.73 Å². The first-order chi connectivity index (χ1) is 11.9. The summed E-state index contributed by atoms with van der Waals surface area (Å²) in [7, 11) is 0. The summed E-state index contributed by atoms with van der Waals surface area (Å²) in [6.07, 6.45) is 0. The minimum Gasteiger partial charge on any atom is -0.392 e. The van der Waals surface area contributed by atoms with Gasteiger partial charge in [-0.05, 0) is 30.3 Å². The number of urea groups is 1. The van der Waals surface area contributed by atoms with Crippen molar-refractivity contribution in [3.8, 4) is 0 Å². The zero-order valence-corrected chi connectivity index (χ0v) is 17.8. The lowest BCUT2D eigenvalue weighted by Crippen LogP contribution is -2.20. The maximum absolute atomic E-state index is 12.3. The van der Waals surface area contributed by atoms with Crippen molar-refractivity contribution in [3.05, 3.63) is 49.3 Å². The molecule has 2 aromatic carbocycles. The minimum absolute atomic E-state index is 0.201. The monoisotopic (exact) mass is 534 g/mol. The van der Waals surface area contributed by atoms with Crippen LogP contribution in [0.2, 0.25) is 0 Å². The molecule has 6 N–H and O–H groups in total. The highest BCUT2D eigenvalue weighted by atomic mass is 79.9. The summed E-state index contributed by atoms with van der Waals surface area (Å²) in [5.41, 5.74) is 8.06. The molecule has 0 fully saturated rings. The molecule has 6 nitrogen and oxygen atoms in total. The van der Waals surface area contributed by atoms with Crippen molar-refractivity contribution in [2.75, 3.05) is 29.0 Å². The molecule has 2 rings (SSSR count). The van der Waals surface area contributed by atoms with Crippen molar-refractivity contribution in [3.63, 3.8) is 0 Å². The SMILES string of the molecule is NCCNc1cc(Br)cc(NC(=O)Nc2cc(Br)cc(Br)c2CO)c1. The first kappa shape index (κ1) is 20.2. The number of nitrogens with one attached hydrogen (secondary N) is 3. The summed E-state index contributed by atoms with van der Waals surface area (Å²) in [5, 5.41) is 18.2. The fourth-order valence-electron chi connectivity index (χ4n) is 2.14. The highest BCUT2D eigenvalue weighted by Gasteiger charge is 2.11. The first-order valence-corrected chi connectivity index (χ1v) is 9.72. The van der Waals surface area contributed by atoms with E-state index in [9.17, 15) is 9.90 Å². The van der Waals surface area contributed by atoms with Gasteiger partial charge in [-0.3, -0.25) is 0 Å². The maximum atomic E-state index is 12.3. The zero-order chi connectivity index (χ0) is 18.4. The molecule has 0 unspecified atom stereocenters. The topological polar surface area (TPSA) is 99.4 Å². The van der Waals surface area contributed by atoms with E-state index in [0.717, 1.165) is 14.6 Å². The fourth-order valence-corrected chi connectivity index (χ4v) is 3.98. The van der Waals surface area contributed by atoms with Gasteiger partial charge in [0.1, 0.15) is 0 Å². The summed E-state index contributed by atoms with van der Waals surface area (Å²) in [6, 6.07) is 8.61. The average Bonchev–Trinajstić information content (AvgIpc) is 2.51. The van der Waals surface area contributed by atoms with Crippen molar-refractivity contribution >= 4 is 70.9 Å². The van der Waals surface area contributed by atoms with Crippen LogP contribution in [0.3, 0.4) is 0 Å². The van der Waals surface area contributed by atoms with E-state index in [2.05, 4.69) is 63.7 Å². The van der Waals surface area contributed by atoms with Crippen LogP contribution in [0.5, 0.6) is 0 Å². The number of aliphatic hydroxyl groups is 1. The largest absolute Gasteiger partial charge is 0.392 e. The average molecular weight is 537 g/mol. The molecule has 0 saturated carbocycles. The summed E-state index contributed by atoms with van der Waals surface area (Å²) >= 11 is 10.2. The van der Waals surface area contributed by atoms with Gasteiger partial charge in [0, 0.05) is 43.4 Å². The van der Waals surface area contributed by atoms with Crippen molar-refractivity contribution in [1.82, 2.24) is 0 Å². The Morgan fingerprint density at radius 3 is 2.36 bits per heavy atom. The highest BCUT2D eigenvalue weighted by Crippen LogP contribution is 2.30. The van der Waals surface area contributed by atoms with E-state index in [-0.39, 0.29) is 6.61 Å². The smallest absolute Gasteiger partial charge is 0.323 e. The fraction of sp³-hybridized carbons (Fsp3) is 0.188. The molecule has 2 amide bonds. The normalized spacial score (nSPS) is 10.4. The molecule has 0 spiro atoms. The Hall–Kier alpha value is -1.13. The van der Waals surface area contributed by atoms with E-state index in [1.165, 1.54) is 0 Å². The molecular formula is C16H17Br3N4O2. The van der Waals surface area contributed by atoms with E-state index < -0.39 is 6.03 Å². The number of hydrogen-bond acceptors (Lipinski definition) is 4. The zero-order valence-electron chi connectivity index (χ0n) is 13.1. The van der Waals surface area contributed by atoms with Gasteiger partial charge in [0.05, 0.1) is 12.3 Å². The van der Waals surface area contributed by atoms with Gasteiger partial charge in [0.15, 0.2) is 0 Å². The van der Waals surface area contributed by atoms with Crippen LogP contribution in [0.25, 0.3) is 0 Å². The molecule has 0 aliphatic carbocycles. The molecule has 0 saturated heterocycles. The van der Waals surface area contributed by atoms with E-state index >= 15 is 0 Å². The second kappa shape index (κ2) is 9.54. The van der Waals surface area contributed by atoms with Gasteiger partial charge in [-0.25, -0.2) is 4.79 Å². The lowest BCUT2D eigenvalue weighted by Gasteiger charge is -2.14. The number of aliphatic hydroxyl groups excluding tert-OH is 1. The number of carbonyl (C=O) groups excluding carboxylic acids is 1. The summed E-state index contributed by atoms with van der Waals surface area (Å²) in [6.45, 7) is 0.943. The van der Waals surface area contributed by atoms with Crippen molar-refractivity contribution < 1.29 is 9.90 Å². The quantitative estimate of drug-likeness (QED) is 0.376. The lowest BCUT2D eigenvalue weighted by molar-refractivity contribution is 0.262. The van der Waals surface area contributed by atoms with Crippen molar-refractivity contribution in [2.45, 2.75) is 6.61 Å². The van der Waals surface area contributed by atoms with Crippen LogP contribution in [0, 0.1) is 0 Å². The third kappa shape index (κ3) is 5.96. The number of anilines is 3. The van der Waals surface area contributed by atoms with Gasteiger partial charge in [-0.2, -0.15) is 0 Å². The number of carbonyl (C=O) groups is 1. The maximum Gasteiger partial charge on any atom is 0.323 e. The van der Waals surface area contributed by atoms with Gasteiger partial charge >= 0.3 is 6.03 Å². The molecule has 25 heavy (non-hydrogen) atoms. The van der Waals surface area contributed by atoms with Crippen LogP contribution < -0.4 is 21.7 Å². The Morgan fingerprint density at radius 1 is 1.00 bits per heavy atom. The Labute approximate surface area is 170 Å². The third-order valence-corrected chi connectivity index (χ3v) is 4.82. The van der Waals surface area contributed by atoms with Gasteiger partial charge in [-0.1, -0.05) is 47.8 Å². The first-order valence-electron chi connectivity index (χ1n) is 7.34. The Kier molecular flexibility index (Phi) is 7.70. The van der Waals surface area contributed by atoms with E-state index in [1.807, 2.05) is 12.1 Å². The molecule has 0 radical (unpaired) electrons. The Bertz CT molecular complexity index is 771. The second-order valence-corrected chi connectivity index (χ2v) is 7.78. The van der Waals surface area contributed by atoms with Crippen molar-refractivity contribution in [1.29, 1.82) is 0 Å². The van der Waals surface area contributed by atoms with Crippen LogP contribution in [0.4, 0.5) is 21.9 Å². The van der Waals surface area contributed by atoms with Gasteiger partial charge in [-0.15, -0.1) is 0 Å². The third-order valence-electron chi connectivity index (χ3n) is 3.20. The van der Waals surface area contributed by atoms with Gasteiger partial charge in [0.25, 0.3) is 0 Å². The molecule has 0 aliphatic rings. The number of nitrogens with two attached hydrogens (primary N) is 1. The minimum atomic E-state index is -0.414. The molecule has 134 valence electrons. The molecule has 2 aromatic rings. The Morgan fingerprint density at radius 2 is 1.68 bits per heavy atom. The molecule has 0 aliphatic heterocycles. The van der Waals surface area contributed by atoms with Gasteiger partial charge in [0.2, 0.25) is 0 Å². The highest BCUT2D eigenvalue weighted by molar-refractivity contribution is 9.11. The van der Waals surface area contributed by atoms with Crippen LogP contribution in [0.15, 0.2) is 43.7 Å². The number of rotatable bonds is 6. The predicted molar refractivity (Wildman–Crippen MR) is 112 cm³/mol. The summed E-state index contributed by atoms with van der Waals surface area (Å²) in [4.78, 5) is 12.3. The molecule has 9 heteroatoms. The van der Waals surface area contributed by atoms with E-state index in [0.29, 0.717) is 34.5 Å². The molecule has 0 aromatic heterocycles. The Balaban J connectivity index is 2.14. The molecular weight excluding hydrogens is 520 g/mol. The summed E-state index contributed by atoms with van der Waals surface area (Å²) < 4.78 is 2.31. The standard InChI is InChI=1S/C16H17Br3N4O2/c17-9-3-11(21-2-1-20)7-12(4-9)22-16(25)23-15-6-10(18)5-14(19)13(15)8-24/h3-7,21,24H,1-2,8,20H2,(H2,22,23,25). The number of benzene rings is 2. The molecule has 0 bridgehead atoms. The second-order valence-electron chi connectivity index (χ2n) is 5.09. The van der Waals surface area contributed by atoms with Crippen LogP contribution >= 0.6 is 47.8 Å². The van der Waals surface area contributed by atoms with E-state index in [1.54, 1.807) is 18.2 Å². The van der Waals surface area contributed by atoms with E-state index in [4.69, 9.17) is 5.73 Å². The van der Waals surface area contributed by atoms with Crippen LogP contribution in [-0.2, 0) is 6.61 Å². The molecule has 0 heterocycles. The van der Waals surface area contributed by atoms with Crippen LogP contribution in [0.1, 0.15) is 5.56 Å². The van der Waals surface area contributed by atoms with Gasteiger partial charge < -0.3 is 26.8 Å². The summed E-state index contributed by atoms with van der Waals surface area (Å²) in [5.74, 6) is 0.